The second-order valence-corrected chi connectivity index (χ2v) is 5.75. The Bertz CT molecular complexity index is 969. The van der Waals surface area contributed by atoms with Crippen molar-refractivity contribution >= 4 is 16.9 Å². The van der Waals surface area contributed by atoms with Crippen molar-refractivity contribution in [3.05, 3.63) is 52.9 Å². The highest BCUT2D eigenvalue weighted by Gasteiger charge is 2.19. The first-order valence-electron chi connectivity index (χ1n) is 7.92. The SMILES string of the molecule is CC(CCOc1ccc2ccc(=O)oc2c1)C(=O)On1c(O)ccc1O. The standard InChI is InChI=1S/C18H17NO7/c1-11(18(23)26-19-15(20)5-6-16(19)21)8-9-24-13-4-2-12-3-7-17(22)25-14(12)10-13/h2-7,10-11,20-21H,8-9H2,1H3. The molecule has 1 atom stereocenters. The van der Waals surface area contributed by atoms with E-state index >= 15 is 0 Å². The van der Waals surface area contributed by atoms with Crippen molar-refractivity contribution in [2.45, 2.75) is 13.3 Å². The van der Waals surface area contributed by atoms with Gasteiger partial charge in [0.05, 0.1) is 12.5 Å². The molecular formula is C18H17NO7. The number of hydrogen-bond acceptors (Lipinski definition) is 7. The Balaban J connectivity index is 1.55. The largest absolute Gasteiger partial charge is 0.493 e. The normalized spacial score (nSPS) is 12.0. The Morgan fingerprint density at radius 2 is 1.85 bits per heavy atom. The third-order valence-corrected chi connectivity index (χ3v) is 3.80. The van der Waals surface area contributed by atoms with Gasteiger partial charge in [-0.2, -0.15) is 0 Å². The van der Waals surface area contributed by atoms with E-state index in [9.17, 15) is 19.8 Å². The lowest BCUT2D eigenvalue weighted by Crippen LogP contribution is -2.26. The van der Waals surface area contributed by atoms with Crippen molar-refractivity contribution in [3.8, 4) is 17.5 Å². The number of nitrogens with zero attached hydrogens (tertiary/aromatic N) is 1. The second-order valence-electron chi connectivity index (χ2n) is 5.75. The van der Waals surface area contributed by atoms with Crippen LogP contribution < -0.4 is 15.2 Å². The Labute approximate surface area is 147 Å². The van der Waals surface area contributed by atoms with Crippen LogP contribution in [0.4, 0.5) is 0 Å². The van der Waals surface area contributed by atoms with Gasteiger partial charge in [0.1, 0.15) is 11.3 Å². The molecule has 0 spiro atoms. The van der Waals surface area contributed by atoms with Crippen LogP contribution in [-0.2, 0) is 4.79 Å². The molecule has 8 nitrogen and oxygen atoms in total. The molecule has 26 heavy (non-hydrogen) atoms. The summed E-state index contributed by atoms with van der Waals surface area (Å²) in [5.41, 5.74) is -0.0245. The lowest BCUT2D eigenvalue weighted by atomic mass is 10.1. The van der Waals surface area contributed by atoms with Crippen LogP contribution in [0.2, 0.25) is 0 Å². The van der Waals surface area contributed by atoms with E-state index in [1.807, 2.05) is 0 Å². The van der Waals surface area contributed by atoms with Gasteiger partial charge in [-0.1, -0.05) is 6.92 Å². The van der Waals surface area contributed by atoms with Gasteiger partial charge in [0.15, 0.2) is 0 Å². The smallest absolute Gasteiger partial charge is 0.336 e. The number of carbonyl (C=O) groups is 1. The number of benzene rings is 1. The molecule has 0 bridgehead atoms. The van der Waals surface area contributed by atoms with E-state index in [0.717, 1.165) is 5.39 Å². The predicted molar refractivity (Wildman–Crippen MR) is 91.1 cm³/mol. The van der Waals surface area contributed by atoms with Crippen molar-refractivity contribution in [1.82, 2.24) is 4.73 Å². The molecular weight excluding hydrogens is 342 g/mol. The fourth-order valence-electron chi connectivity index (χ4n) is 2.28. The molecule has 0 aliphatic carbocycles. The van der Waals surface area contributed by atoms with Crippen LogP contribution >= 0.6 is 0 Å². The van der Waals surface area contributed by atoms with Gasteiger partial charge >= 0.3 is 11.6 Å². The molecule has 0 saturated carbocycles. The first-order valence-corrected chi connectivity index (χ1v) is 7.92. The maximum absolute atomic E-state index is 12.0. The van der Waals surface area contributed by atoms with E-state index in [2.05, 4.69) is 0 Å². The maximum Gasteiger partial charge on any atom is 0.336 e. The molecule has 2 heterocycles. The molecule has 0 fully saturated rings. The zero-order chi connectivity index (χ0) is 18.7. The van der Waals surface area contributed by atoms with E-state index in [4.69, 9.17) is 14.0 Å². The van der Waals surface area contributed by atoms with Crippen molar-refractivity contribution in [1.29, 1.82) is 0 Å². The highest BCUT2D eigenvalue weighted by Crippen LogP contribution is 2.21. The summed E-state index contributed by atoms with van der Waals surface area (Å²) in [6.45, 7) is 1.87. The highest BCUT2D eigenvalue weighted by atomic mass is 16.7. The van der Waals surface area contributed by atoms with Crippen molar-refractivity contribution in [2.75, 3.05) is 6.61 Å². The summed E-state index contributed by atoms with van der Waals surface area (Å²) in [4.78, 5) is 28.2. The lowest BCUT2D eigenvalue weighted by Gasteiger charge is -2.13. The van der Waals surface area contributed by atoms with E-state index in [1.54, 1.807) is 31.2 Å². The van der Waals surface area contributed by atoms with Crippen molar-refractivity contribution in [3.63, 3.8) is 0 Å². The molecule has 0 radical (unpaired) electrons. The fourth-order valence-corrected chi connectivity index (χ4v) is 2.28. The molecule has 1 aromatic carbocycles. The van der Waals surface area contributed by atoms with Gasteiger partial charge in [0, 0.05) is 29.7 Å². The number of rotatable bonds is 6. The van der Waals surface area contributed by atoms with E-state index < -0.39 is 17.5 Å². The van der Waals surface area contributed by atoms with Gasteiger partial charge in [0.2, 0.25) is 11.8 Å². The fraction of sp³-hybridized carbons (Fsp3) is 0.222. The number of ether oxygens (including phenoxy) is 1. The van der Waals surface area contributed by atoms with E-state index in [1.165, 1.54) is 18.2 Å². The van der Waals surface area contributed by atoms with E-state index in [-0.39, 0.29) is 18.4 Å². The Hall–Kier alpha value is -3.42. The number of aromatic nitrogens is 1. The third-order valence-electron chi connectivity index (χ3n) is 3.80. The number of carbonyl (C=O) groups excluding carboxylic acids is 1. The molecule has 3 aromatic rings. The summed E-state index contributed by atoms with van der Waals surface area (Å²) < 4.78 is 11.3. The van der Waals surface area contributed by atoms with Crippen LogP contribution in [0.3, 0.4) is 0 Å². The highest BCUT2D eigenvalue weighted by molar-refractivity contribution is 5.77. The molecule has 2 N–H and O–H groups in total. The summed E-state index contributed by atoms with van der Waals surface area (Å²) in [7, 11) is 0. The Morgan fingerprint density at radius 1 is 1.15 bits per heavy atom. The van der Waals surface area contributed by atoms with Gasteiger partial charge in [-0.15, -0.1) is 4.73 Å². The quantitative estimate of drug-likeness (QED) is 0.648. The zero-order valence-electron chi connectivity index (χ0n) is 13.9. The topological polar surface area (TPSA) is 111 Å². The van der Waals surface area contributed by atoms with Gasteiger partial charge in [-0.3, -0.25) is 0 Å². The molecule has 0 aliphatic heterocycles. The molecule has 0 saturated heterocycles. The minimum absolute atomic E-state index is 0.225. The third kappa shape index (κ3) is 3.80. The number of fused-ring (bicyclic) bond motifs is 1. The van der Waals surface area contributed by atoms with E-state index in [0.29, 0.717) is 22.5 Å². The van der Waals surface area contributed by atoms with Crippen LogP contribution in [0.5, 0.6) is 17.5 Å². The molecule has 3 rings (SSSR count). The van der Waals surface area contributed by atoms with Crippen molar-refractivity contribution < 1.29 is 29.0 Å². The lowest BCUT2D eigenvalue weighted by molar-refractivity contribution is -0.150. The van der Waals surface area contributed by atoms with Crippen LogP contribution in [0.1, 0.15) is 13.3 Å². The minimum Gasteiger partial charge on any atom is -0.493 e. The van der Waals surface area contributed by atoms with Crippen LogP contribution in [0.25, 0.3) is 11.0 Å². The molecule has 136 valence electrons. The van der Waals surface area contributed by atoms with Gasteiger partial charge < -0.3 is 24.2 Å². The van der Waals surface area contributed by atoms with Gasteiger partial charge in [-0.05, 0) is 24.6 Å². The first-order chi connectivity index (χ1) is 12.4. The molecule has 0 amide bonds. The molecule has 1 unspecified atom stereocenters. The zero-order valence-corrected chi connectivity index (χ0v) is 13.9. The van der Waals surface area contributed by atoms with Crippen LogP contribution in [0, 0.1) is 5.92 Å². The Morgan fingerprint density at radius 3 is 2.58 bits per heavy atom. The van der Waals surface area contributed by atoms with Gasteiger partial charge in [-0.25, -0.2) is 9.59 Å². The minimum atomic E-state index is -0.625. The summed E-state index contributed by atoms with van der Waals surface area (Å²) in [6.07, 6.45) is 0.346. The maximum atomic E-state index is 12.0. The van der Waals surface area contributed by atoms with Gasteiger partial charge in [0.25, 0.3) is 0 Å². The van der Waals surface area contributed by atoms with Crippen molar-refractivity contribution in [2.24, 2.45) is 5.92 Å². The summed E-state index contributed by atoms with van der Waals surface area (Å²) in [5.74, 6) is -1.41. The molecule has 2 aromatic heterocycles. The molecule has 0 aliphatic rings. The summed E-state index contributed by atoms with van der Waals surface area (Å²) in [6, 6.07) is 10.5. The number of hydrogen-bond donors (Lipinski definition) is 2. The Kier molecular flexibility index (Phi) is 4.83. The second kappa shape index (κ2) is 7.22. The summed E-state index contributed by atoms with van der Waals surface area (Å²) in [5, 5.41) is 19.7. The molecule has 8 heteroatoms. The average molecular weight is 359 g/mol. The summed E-state index contributed by atoms with van der Waals surface area (Å²) >= 11 is 0. The van der Waals surface area contributed by atoms with Crippen LogP contribution in [-0.4, -0.2) is 27.5 Å². The monoisotopic (exact) mass is 359 g/mol. The average Bonchev–Trinajstić information content (AvgIpc) is 2.93. The first kappa shape index (κ1) is 17.4. The predicted octanol–water partition coefficient (Wildman–Crippen LogP) is 2.07. The van der Waals surface area contributed by atoms with Crippen LogP contribution in [0.15, 0.2) is 51.7 Å². The number of aromatic hydroxyl groups is 2.